The largest absolute Gasteiger partial charge is 0.391 e. The topological polar surface area (TPSA) is 59.3 Å². The minimum absolute atomic E-state index is 0.0949. The Balaban J connectivity index is 1.46. The van der Waals surface area contributed by atoms with E-state index in [0.29, 0.717) is 17.5 Å². The van der Waals surface area contributed by atoms with Crippen molar-refractivity contribution in [3.05, 3.63) is 18.5 Å². The molecule has 5 nitrogen and oxygen atoms in total. The van der Waals surface area contributed by atoms with Crippen LogP contribution in [0.1, 0.15) is 44.6 Å². The highest BCUT2D eigenvalue weighted by Crippen LogP contribution is 2.47. The Morgan fingerprint density at radius 2 is 2.14 bits per heavy atom. The summed E-state index contributed by atoms with van der Waals surface area (Å²) in [6.45, 7) is 1.82. The van der Waals surface area contributed by atoms with Crippen molar-refractivity contribution < 1.29 is 9.84 Å². The van der Waals surface area contributed by atoms with Crippen LogP contribution < -0.4 is 5.32 Å². The van der Waals surface area contributed by atoms with Crippen LogP contribution in [0.25, 0.3) is 0 Å². The van der Waals surface area contributed by atoms with Gasteiger partial charge in [0.15, 0.2) is 0 Å². The molecule has 21 heavy (non-hydrogen) atoms. The average molecular weight is 291 g/mol. The Bertz CT molecular complexity index is 470. The number of aliphatic hydroxyl groups excluding tert-OH is 1. The molecule has 4 rings (SSSR count). The summed E-state index contributed by atoms with van der Waals surface area (Å²) in [4.78, 5) is 0. The quantitative estimate of drug-likeness (QED) is 0.886. The molecule has 2 heterocycles. The van der Waals surface area contributed by atoms with E-state index in [1.165, 1.54) is 32.1 Å². The minimum Gasteiger partial charge on any atom is -0.391 e. The van der Waals surface area contributed by atoms with Crippen molar-refractivity contribution in [2.75, 3.05) is 13.2 Å². The monoisotopic (exact) mass is 291 g/mol. The molecule has 1 aromatic heterocycles. The maximum absolute atomic E-state index is 10.1. The summed E-state index contributed by atoms with van der Waals surface area (Å²) in [5.74, 6) is 0. The molecule has 1 spiro atoms. The van der Waals surface area contributed by atoms with Crippen LogP contribution in [0.3, 0.4) is 0 Å². The number of aromatic nitrogens is 2. The first-order chi connectivity index (χ1) is 10.3. The van der Waals surface area contributed by atoms with Gasteiger partial charge in [-0.2, -0.15) is 5.10 Å². The molecule has 4 atom stereocenters. The zero-order valence-electron chi connectivity index (χ0n) is 12.4. The van der Waals surface area contributed by atoms with Crippen LogP contribution in [0, 0.1) is 5.41 Å². The van der Waals surface area contributed by atoms with E-state index in [4.69, 9.17) is 4.74 Å². The molecular weight excluding hydrogens is 266 g/mol. The van der Waals surface area contributed by atoms with Gasteiger partial charge >= 0.3 is 0 Å². The van der Waals surface area contributed by atoms with Crippen molar-refractivity contribution in [1.82, 2.24) is 15.1 Å². The van der Waals surface area contributed by atoms with Gasteiger partial charge in [-0.15, -0.1) is 0 Å². The van der Waals surface area contributed by atoms with Crippen molar-refractivity contribution in [3.63, 3.8) is 0 Å². The first kappa shape index (κ1) is 13.7. The highest BCUT2D eigenvalue weighted by Gasteiger charge is 2.48. The number of ether oxygens (including phenoxy) is 1. The van der Waals surface area contributed by atoms with Crippen LogP contribution in [0.5, 0.6) is 0 Å². The summed E-state index contributed by atoms with van der Waals surface area (Å²) in [6.07, 6.45) is 10.6. The standard InChI is InChI=1S/C16H25N3O2/c20-13-11-12(15(13)19-8-2-7-17-19)18-14-3-1-4-16(14)5-9-21-10-6-16/h2,7-8,12-15,18,20H,1,3-6,9-11H2/t12-,13+,14?,15+/m0/s1. The highest BCUT2D eigenvalue weighted by atomic mass is 16.5. The maximum atomic E-state index is 10.1. The van der Waals surface area contributed by atoms with Crippen molar-refractivity contribution in [2.45, 2.75) is 62.8 Å². The fourth-order valence-electron chi connectivity index (χ4n) is 4.63. The predicted octanol–water partition coefficient (Wildman–Crippen LogP) is 1.50. The second-order valence-corrected chi connectivity index (χ2v) is 6.97. The van der Waals surface area contributed by atoms with Gasteiger partial charge < -0.3 is 15.2 Å². The molecule has 1 aliphatic heterocycles. The van der Waals surface area contributed by atoms with Crippen molar-refractivity contribution >= 4 is 0 Å². The molecule has 1 unspecified atom stereocenters. The van der Waals surface area contributed by atoms with Crippen LogP contribution in [0.15, 0.2) is 18.5 Å². The normalized spacial score (nSPS) is 38.5. The van der Waals surface area contributed by atoms with Crippen molar-refractivity contribution in [1.29, 1.82) is 0 Å². The lowest BCUT2D eigenvalue weighted by Gasteiger charge is -2.47. The van der Waals surface area contributed by atoms with Gasteiger partial charge in [0, 0.05) is 37.7 Å². The summed E-state index contributed by atoms with van der Waals surface area (Å²) in [6, 6.07) is 2.95. The molecule has 2 aliphatic carbocycles. The van der Waals surface area contributed by atoms with Gasteiger partial charge in [-0.25, -0.2) is 0 Å². The van der Waals surface area contributed by atoms with Gasteiger partial charge in [0.25, 0.3) is 0 Å². The van der Waals surface area contributed by atoms with Gasteiger partial charge in [-0.05, 0) is 43.6 Å². The van der Waals surface area contributed by atoms with Gasteiger partial charge in [-0.3, -0.25) is 4.68 Å². The zero-order valence-corrected chi connectivity index (χ0v) is 12.4. The van der Waals surface area contributed by atoms with Crippen LogP contribution in [0.2, 0.25) is 0 Å². The molecule has 0 amide bonds. The molecule has 3 aliphatic rings. The number of hydrogen-bond acceptors (Lipinski definition) is 4. The third-order valence-corrected chi connectivity index (χ3v) is 5.94. The molecule has 3 fully saturated rings. The Kier molecular flexibility index (Phi) is 3.52. The molecule has 1 saturated heterocycles. The van der Waals surface area contributed by atoms with Crippen LogP contribution in [0.4, 0.5) is 0 Å². The van der Waals surface area contributed by atoms with Crippen LogP contribution >= 0.6 is 0 Å². The Labute approximate surface area is 125 Å². The lowest BCUT2D eigenvalue weighted by atomic mass is 9.74. The minimum atomic E-state index is -0.269. The highest BCUT2D eigenvalue weighted by molar-refractivity contribution is 5.05. The second-order valence-electron chi connectivity index (χ2n) is 6.97. The number of nitrogens with one attached hydrogen (secondary N) is 1. The summed E-state index contributed by atoms with van der Waals surface area (Å²) >= 11 is 0. The van der Waals surface area contributed by atoms with Gasteiger partial charge in [0.05, 0.1) is 12.1 Å². The first-order valence-corrected chi connectivity index (χ1v) is 8.29. The lowest BCUT2D eigenvalue weighted by Crippen LogP contribution is -2.59. The molecular formula is C16H25N3O2. The van der Waals surface area contributed by atoms with Gasteiger partial charge in [0.2, 0.25) is 0 Å². The van der Waals surface area contributed by atoms with Crippen LogP contribution in [-0.2, 0) is 4.74 Å². The Hall–Kier alpha value is -0.910. The second kappa shape index (κ2) is 5.38. The summed E-state index contributed by atoms with van der Waals surface area (Å²) in [7, 11) is 0. The Morgan fingerprint density at radius 1 is 1.29 bits per heavy atom. The molecule has 0 bridgehead atoms. The summed E-state index contributed by atoms with van der Waals surface area (Å²) in [5.41, 5.74) is 0.438. The molecule has 5 heteroatoms. The fourth-order valence-corrected chi connectivity index (χ4v) is 4.63. The van der Waals surface area contributed by atoms with E-state index in [1.54, 1.807) is 6.20 Å². The SMILES string of the molecule is O[C@@H]1C[C@H](NC2CCCC23CCOCC3)[C@H]1n1cccn1. The number of aliphatic hydroxyl groups is 1. The number of hydrogen-bond donors (Lipinski definition) is 2. The van der Waals surface area contributed by atoms with Crippen LogP contribution in [-0.4, -0.2) is 46.3 Å². The van der Waals surface area contributed by atoms with Gasteiger partial charge in [0.1, 0.15) is 0 Å². The lowest BCUT2D eigenvalue weighted by molar-refractivity contribution is -0.0339. The molecule has 2 saturated carbocycles. The molecule has 0 radical (unpaired) electrons. The third-order valence-electron chi connectivity index (χ3n) is 5.94. The number of rotatable bonds is 3. The van der Waals surface area contributed by atoms with E-state index in [1.807, 2.05) is 16.9 Å². The molecule has 2 N–H and O–H groups in total. The maximum Gasteiger partial charge on any atom is 0.0932 e. The van der Waals surface area contributed by atoms with E-state index in [2.05, 4.69) is 10.4 Å². The van der Waals surface area contributed by atoms with E-state index in [-0.39, 0.29) is 12.1 Å². The van der Waals surface area contributed by atoms with E-state index in [9.17, 15) is 5.11 Å². The summed E-state index contributed by atoms with van der Waals surface area (Å²) in [5, 5.41) is 18.3. The first-order valence-electron chi connectivity index (χ1n) is 8.29. The fraction of sp³-hybridized carbons (Fsp3) is 0.812. The number of nitrogens with zero attached hydrogens (tertiary/aromatic N) is 2. The predicted molar refractivity (Wildman–Crippen MR) is 78.9 cm³/mol. The van der Waals surface area contributed by atoms with Crippen molar-refractivity contribution in [2.24, 2.45) is 5.41 Å². The smallest absolute Gasteiger partial charge is 0.0932 e. The molecule has 1 aromatic rings. The Morgan fingerprint density at radius 3 is 2.86 bits per heavy atom. The molecule has 116 valence electrons. The van der Waals surface area contributed by atoms with Crippen molar-refractivity contribution in [3.8, 4) is 0 Å². The average Bonchev–Trinajstić information content (AvgIpc) is 3.11. The molecule has 0 aromatic carbocycles. The third kappa shape index (κ3) is 2.31. The van der Waals surface area contributed by atoms with Gasteiger partial charge in [-0.1, -0.05) is 6.42 Å². The van der Waals surface area contributed by atoms with E-state index < -0.39 is 0 Å². The van der Waals surface area contributed by atoms with E-state index >= 15 is 0 Å². The van der Waals surface area contributed by atoms with E-state index in [0.717, 1.165) is 19.6 Å². The summed E-state index contributed by atoms with van der Waals surface area (Å²) < 4.78 is 7.48. The zero-order chi connectivity index (χ0) is 14.3.